The van der Waals surface area contributed by atoms with Gasteiger partial charge in [0.1, 0.15) is 5.75 Å². The van der Waals surface area contributed by atoms with Crippen LogP contribution in [0.3, 0.4) is 0 Å². The largest absolute Gasteiger partial charge is 0.494 e. The molecule has 0 aliphatic carbocycles. The van der Waals surface area contributed by atoms with Crippen molar-refractivity contribution in [3.05, 3.63) is 53.6 Å². The first-order chi connectivity index (χ1) is 9.61. The molecule has 0 spiro atoms. The van der Waals surface area contributed by atoms with Crippen molar-refractivity contribution in [1.29, 1.82) is 0 Å². The van der Waals surface area contributed by atoms with Gasteiger partial charge >= 0.3 is 5.97 Å². The van der Waals surface area contributed by atoms with Crippen LogP contribution in [0.4, 0.5) is 0 Å². The minimum atomic E-state index is -0.896. The average Bonchev–Trinajstić information content (AvgIpc) is 2.46. The van der Waals surface area contributed by atoms with Crippen LogP contribution < -0.4 is 4.74 Å². The van der Waals surface area contributed by atoms with Crippen molar-refractivity contribution in [3.63, 3.8) is 0 Å². The van der Waals surface area contributed by atoms with Crippen molar-refractivity contribution < 1.29 is 14.6 Å². The Kier molecular flexibility index (Phi) is 4.41. The van der Waals surface area contributed by atoms with Gasteiger partial charge in [0.2, 0.25) is 0 Å². The fourth-order valence-corrected chi connectivity index (χ4v) is 2.00. The van der Waals surface area contributed by atoms with Crippen molar-refractivity contribution >= 4 is 5.97 Å². The van der Waals surface area contributed by atoms with Crippen LogP contribution in [0, 0.1) is 6.92 Å². The van der Waals surface area contributed by atoms with Gasteiger partial charge in [0, 0.05) is 0 Å². The zero-order valence-corrected chi connectivity index (χ0v) is 11.7. The Morgan fingerprint density at radius 2 is 1.75 bits per heavy atom. The Hall–Kier alpha value is -2.29. The highest BCUT2D eigenvalue weighted by Gasteiger charge is 2.08. The van der Waals surface area contributed by atoms with Gasteiger partial charge in [-0.2, -0.15) is 0 Å². The van der Waals surface area contributed by atoms with Crippen LogP contribution in [0.5, 0.6) is 5.75 Å². The zero-order chi connectivity index (χ0) is 14.5. The highest BCUT2D eigenvalue weighted by Crippen LogP contribution is 2.24. The van der Waals surface area contributed by atoms with Crippen LogP contribution >= 0.6 is 0 Å². The Morgan fingerprint density at radius 3 is 2.35 bits per heavy atom. The van der Waals surface area contributed by atoms with Crippen molar-refractivity contribution in [1.82, 2.24) is 0 Å². The first-order valence-corrected chi connectivity index (χ1v) is 6.69. The van der Waals surface area contributed by atoms with Gasteiger partial charge in [-0.1, -0.05) is 31.2 Å². The normalized spacial score (nSPS) is 10.3. The second kappa shape index (κ2) is 6.24. The van der Waals surface area contributed by atoms with E-state index in [0.29, 0.717) is 12.2 Å². The number of aromatic carboxylic acids is 1. The molecule has 0 bridgehead atoms. The summed E-state index contributed by atoms with van der Waals surface area (Å²) in [5, 5.41) is 9.16. The number of ether oxygens (including phenoxy) is 1. The lowest BCUT2D eigenvalue weighted by molar-refractivity contribution is 0.0696. The van der Waals surface area contributed by atoms with E-state index in [1.807, 2.05) is 36.4 Å². The molecular weight excluding hydrogens is 252 g/mol. The first-order valence-electron chi connectivity index (χ1n) is 6.69. The molecule has 0 aliphatic rings. The highest BCUT2D eigenvalue weighted by atomic mass is 16.5. The van der Waals surface area contributed by atoms with E-state index in [4.69, 9.17) is 9.84 Å². The Bertz CT molecular complexity index is 600. The summed E-state index contributed by atoms with van der Waals surface area (Å²) in [5.74, 6) is -0.0616. The fourth-order valence-electron chi connectivity index (χ4n) is 2.00. The van der Waals surface area contributed by atoms with E-state index >= 15 is 0 Å². The van der Waals surface area contributed by atoms with Crippen LogP contribution in [-0.2, 0) is 0 Å². The molecule has 0 heterocycles. The predicted octanol–water partition coefficient (Wildman–Crippen LogP) is 4.15. The molecular formula is C17H18O3. The monoisotopic (exact) mass is 270 g/mol. The molecule has 0 aromatic heterocycles. The minimum absolute atomic E-state index is 0.341. The van der Waals surface area contributed by atoms with Crippen molar-refractivity contribution in [2.24, 2.45) is 0 Å². The van der Waals surface area contributed by atoms with Crippen LogP contribution in [0.2, 0.25) is 0 Å². The smallest absolute Gasteiger partial charge is 0.335 e. The van der Waals surface area contributed by atoms with Gasteiger partial charge in [-0.05, 0) is 48.2 Å². The Labute approximate surface area is 118 Å². The van der Waals surface area contributed by atoms with Crippen LogP contribution in [0.25, 0.3) is 11.1 Å². The van der Waals surface area contributed by atoms with Crippen LogP contribution in [-0.4, -0.2) is 17.7 Å². The molecule has 2 rings (SSSR count). The molecule has 20 heavy (non-hydrogen) atoms. The minimum Gasteiger partial charge on any atom is -0.494 e. The third-order valence-electron chi connectivity index (χ3n) is 3.13. The van der Waals surface area contributed by atoms with Gasteiger partial charge in [-0.25, -0.2) is 4.79 Å². The summed E-state index contributed by atoms with van der Waals surface area (Å²) in [6.45, 7) is 4.57. The van der Waals surface area contributed by atoms with Crippen molar-refractivity contribution in [3.8, 4) is 16.9 Å². The second-order valence-electron chi connectivity index (χ2n) is 4.71. The van der Waals surface area contributed by atoms with Gasteiger partial charge in [0.15, 0.2) is 0 Å². The van der Waals surface area contributed by atoms with Gasteiger partial charge in [0.25, 0.3) is 0 Å². The maximum atomic E-state index is 11.2. The molecule has 0 unspecified atom stereocenters. The summed E-state index contributed by atoms with van der Waals surface area (Å²) >= 11 is 0. The summed E-state index contributed by atoms with van der Waals surface area (Å²) < 4.78 is 5.53. The average molecular weight is 270 g/mol. The van der Waals surface area contributed by atoms with E-state index in [2.05, 4.69) is 6.92 Å². The van der Waals surface area contributed by atoms with Gasteiger partial charge < -0.3 is 9.84 Å². The Morgan fingerprint density at radius 1 is 1.10 bits per heavy atom. The highest BCUT2D eigenvalue weighted by molar-refractivity contribution is 5.91. The fraction of sp³-hybridized carbons (Fsp3) is 0.235. The third kappa shape index (κ3) is 3.18. The molecule has 0 aliphatic heterocycles. The second-order valence-corrected chi connectivity index (χ2v) is 4.71. The number of carbonyl (C=O) groups is 1. The molecule has 2 aromatic carbocycles. The molecule has 0 atom stereocenters. The molecule has 0 fully saturated rings. The lowest BCUT2D eigenvalue weighted by Gasteiger charge is -2.08. The molecule has 0 radical (unpaired) electrons. The SMILES string of the molecule is CCCOc1ccc(-c2ccc(C)c(C(=O)O)c2)cc1. The van der Waals surface area contributed by atoms with E-state index < -0.39 is 5.97 Å². The standard InChI is InChI=1S/C17H18O3/c1-3-10-20-15-8-6-13(7-9-15)14-5-4-12(2)16(11-14)17(18)19/h4-9,11H,3,10H2,1-2H3,(H,18,19). The number of benzene rings is 2. The maximum absolute atomic E-state index is 11.2. The summed E-state index contributed by atoms with van der Waals surface area (Å²) in [5.41, 5.74) is 2.99. The number of hydrogen-bond donors (Lipinski definition) is 1. The van der Waals surface area contributed by atoms with Crippen molar-refractivity contribution in [2.45, 2.75) is 20.3 Å². The Balaban J connectivity index is 2.27. The number of rotatable bonds is 5. The molecule has 0 saturated carbocycles. The molecule has 0 saturated heterocycles. The van der Waals surface area contributed by atoms with E-state index in [1.54, 1.807) is 13.0 Å². The number of carboxylic acids is 1. The predicted molar refractivity (Wildman–Crippen MR) is 79.4 cm³/mol. The van der Waals surface area contributed by atoms with E-state index in [1.165, 1.54) is 0 Å². The summed E-state index contributed by atoms with van der Waals surface area (Å²) in [6.07, 6.45) is 0.974. The zero-order valence-electron chi connectivity index (χ0n) is 11.7. The van der Waals surface area contributed by atoms with E-state index in [-0.39, 0.29) is 0 Å². The van der Waals surface area contributed by atoms with Crippen molar-refractivity contribution in [2.75, 3.05) is 6.61 Å². The molecule has 0 amide bonds. The summed E-state index contributed by atoms with van der Waals surface area (Å²) in [4.78, 5) is 11.2. The third-order valence-corrected chi connectivity index (χ3v) is 3.13. The molecule has 104 valence electrons. The summed E-state index contributed by atoms with van der Waals surface area (Å²) in [6, 6.07) is 13.2. The molecule has 1 N–H and O–H groups in total. The van der Waals surface area contributed by atoms with Crippen LogP contribution in [0.1, 0.15) is 29.3 Å². The van der Waals surface area contributed by atoms with E-state index in [0.717, 1.165) is 28.9 Å². The number of carboxylic acid groups (broad SMARTS) is 1. The number of aryl methyl sites for hydroxylation is 1. The first kappa shape index (κ1) is 14.1. The van der Waals surface area contributed by atoms with Gasteiger partial charge in [-0.3, -0.25) is 0 Å². The topological polar surface area (TPSA) is 46.5 Å². The van der Waals surface area contributed by atoms with Gasteiger partial charge in [0.05, 0.1) is 12.2 Å². The quantitative estimate of drug-likeness (QED) is 0.887. The van der Waals surface area contributed by atoms with Crippen LogP contribution in [0.15, 0.2) is 42.5 Å². The maximum Gasteiger partial charge on any atom is 0.335 e. The lowest BCUT2D eigenvalue weighted by atomic mass is 10.00. The summed E-state index contributed by atoms with van der Waals surface area (Å²) in [7, 11) is 0. The molecule has 3 nitrogen and oxygen atoms in total. The molecule has 2 aromatic rings. The molecule has 3 heteroatoms. The number of hydrogen-bond acceptors (Lipinski definition) is 2. The van der Waals surface area contributed by atoms with Gasteiger partial charge in [-0.15, -0.1) is 0 Å². The van der Waals surface area contributed by atoms with E-state index in [9.17, 15) is 4.79 Å². The lowest BCUT2D eigenvalue weighted by Crippen LogP contribution is -1.99.